The van der Waals surface area contributed by atoms with E-state index in [1.165, 1.54) is 16.3 Å². The van der Waals surface area contributed by atoms with Crippen molar-refractivity contribution in [3.63, 3.8) is 0 Å². The van der Waals surface area contributed by atoms with Crippen LogP contribution in [0.25, 0.3) is 10.8 Å². The van der Waals surface area contributed by atoms with E-state index in [1.807, 2.05) is 25.1 Å². The quantitative estimate of drug-likeness (QED) is 0.413. The maximum atomic E-state index is 11.1. The third-order valence-electron chi connectivity index (χ3n) is 6.02. The lowest BCUT2D eigenvalue weighted by Gasteiger charge is -2.33. The summed E-state index contributed by atoms with van der Waals surface area (Å²) in [5, 5.41) is 15.1. The van der Waals surface area contributed by atoms with E-state index in [0.717, 1.165) is 35.9 Å². The van der Waals surface area contributed by atoms with E-state index in [4.69, 9.17) is 9.84 Å². The van der Waals surface area contributed by atoms with E-state index >= 15 is 0 Å². The maximum Gasteiger partial charge on any atom is 0.335 e. The first-order valence-electron chi connectivity index (χ1n) is 11.0. The summed E-state index contributed by atoms with van der Waals surface area (Å²) < 4.78 is 5.94. The first-order chi connectivity index (χ1) is 16.1. The van der Waals surface area contributed by atoms with Gasteiger partial charge in [0, 0.05) is 18.8 Å². The zero-order valence-corrected chi connectivity index (χ0v) is 18.4. The normalized spacial score (nSPS) is 13.8. The molecule has 0 fully saturated rings. The van der Waals surface area contributed by atoms with Gasteiger partial charge in [-0.25, -0.2) is 9.78 Å². The van der Waals surface area contributed by atoms with Gasteiger partial charge in [0.05, 0.1) is 18.2 Å². The number of pyridine rings is 1. The van der Waals surface area contributed by atoms with Gasteiger partial charge in [0.25, 0.3) is 0 Å². The van der Waals surface area contributed by atoms with Crippen molar-refractivity contribution < 1.29 is 14.6 Å². The molecule has 0 radical (unpaired) electrons. The molecule has 1 aromatic heterocycles. The minimum atomic E-state index is -0.928. The van der Waals surface area contributed by atoms with Crippen molar-refractivity contribution in [2.75, 3.05) is 23.4 Å². The predicted octanol–water partition coefficient (Wildman–Crippen LogP) is 5.51. The molecule has 5 rings (SSSR count). The number of fused-ring (bicyclic) bond motifs is 2. The molecule has 4 aromatic rings. The van der Waals surface area contributed by atoms with Gasteiger partial charge in [-0.2, -0.15) is 0 Å². The molecule has 33 heavy (non-hydrogen) atoms. The highest BCUT2D eigenvalue weighted by atomic mass is 16.5. The number of nitrogens with zero attached hydrogens (tertiary/aromatic N) is 2. The Morgan fingerprint density at radius 1 is 1.09 bits per heavy atom. The molecule has 0 aliphatic carbocycles. The molecule has 0 spiro atoms. The van der Waals surface area contributed by atoms with Crippen LogP contribution >= 0.6 is 0 Å². The van der Waals surface area contributed by atoms with Crippen molar-refractivity contribution in [3.05, 3.63) is 95.7 Å². The predicted molar refractivity (Wildman–Crippen MR) is 130 cm³/mol. The summed E-state index contributed by atoms with van der Waals surface area (Å²) in [4.78, 5) is 18.1. The van der Waals surface area contributed by atoms with Crippen LogP contribution in [-0.4, -0.2) is 29.2 Å². The summed E-state index contributed by atoms with van der Waals surface area (Å²) in [6, 6.07) is 23.7. The van der Waals surface area contributed by atoms with Crippen LogP contribution in [0.3, 0.4) is 0 Å². The lowest BCUT2D eigenvalue weighted by molar-refractivity contribution is 0.0697. The number of carboxylic acid groups (broad SMARTS) is 1. The van der Waals surface area contributed by atoms with Crippen LogP contribution in [0.5, 0.6) is 5.75 Å². The molecule has 2 heterocycles. The van der Waals surface area contributed by atoms with E-state index in [9.17, 15) is 4.79 Å². The number of nitrogens with one attached hydrogen (secondary N) is 1. The van der Waals surface area contributed by atoms with Crippen LogP contribution in [0, 0.1) is 0 Å². The Hall–Kier alpha value is -4.06. The second kappa shape index (κ2) is 8.82. The van der Waals surface area contributed by atoms with Crippen molar-refractivity contribution in [1.82, 2.24) is 4.98 Å². The molecule has 1 aliphatic rings. The molecule has 0 unspecified atom stereocenters. The van der Waals surface area contributed by atoms with Gasteiger partial charge in [-0.05, 0) is 47.0 Å². The van der Waals surface area contributed by atoms with Gasteiger partial charge in [-0.15, -0.1) is 0 Å². The number of benzene rings is 3. The Kier molecular flexibility index (Phi) is 5.57. The van der Waals surface area contributed by atoms with Crippen LogP contribution in [0.4, 0.5) is 11.5 Å². The second-order valence-corrected chi connectivity index (χ2v) is 8.25. The molecule has 0 bridgehead atoms. The smallest absolute Gasteiger partial charge is 0.335 e. The lowest BCUT2D eigenvalue weighted by Crippen LogP contribution is -2.33. The molecule has 0 saturated carbocycles. The van der Waals surface area contributed by atoms with Crippen LogP contribution in [0.2, 0.25) is 0 Å². The van der Waals surface area contributed by atoms with E-state index in [2.05, 4.69) is 57.7 Å². The van der Waals surface area contributed by atoms with Crippen molar-refractivity contribution in [2.24, 2.45) is 0 Å². The van der Waals surface area contributed by atoms with Gasteiger partial charge in [0.15, 0.2) is 5.82 Å². The maximum absolute atomic E-state index is 11.1. The summed E-state index contributed by atoms with van der Waals surface area (Å²) in [7, 11) is 0. The molecular formula is C27H25N3O3. The van der Waals surface area contributed by atoms with Crippen LogP contribution in [0.1, 0.15) is 34.5 Å². The van der Waals surface area contributed by atoms with Gasteiger partial charge in [-0.1, -0.05) is 48.5 Å². The zero-order chi connectivity index (χ0) is 22.8. The summed E-state index contributed by atoms with van der Waals surface area (Å²) in [5.41, 5.74) is 3.44. The van der Waals surface area contributed by atoms with Crippen LogP contribution in [0.15, 0.2) is 79.0 Å². The third kappa shape index (κ3) is 4.32. The number of aromatic nitrogens is 1. The lowest BCUT2D eigenvalue weighted by atomic mass is 10.1. The first-order valence-corrected chi connectivity index (χ1v) is 11.0. The highest BCUT2D eigenvalue weighted by Gasteiger charge is 2.24. The molecule has 166 valence electrons. The van der Waals surface area contributed by atoms with E-state index < -0.39 is 5.97 Å². The molecule has 2 N–H and O–H groups in total. The van der Waals surface area contributed by atoms with Crippen molar-refractivity contribution in [2.45, 2.75) is 19.5 Å². The Balaban J connectivity index is 1.41. The van der Waals surface area contributed by atoms with E-state index in [1.54, 1.807) is 18.3 Å². The molecule has 1 aliphatic heterocycles. The highest BCUT2D eigenvalue weighted by Crippen LogP contribution is 2.39. The number of carboxylic acids is 1. The molecular weight excluding hydrogens is 414 g/mol. The summed E-state index contributed by atoms with van der Waals surface area (Å²) in [5.74, 6) is 0.637. The third-order valence-corrected chi connectivity index (χ3v) is 6.02. The minimum Gasteiger partial charge on any atom is -0.489 e. The molecule has 0 saturated heterocycles. The van der Waals surface area contributed by atoms with Gasteiger partial charge >= 0.3 is 5.97 Å². The number of hydrogen-bond acceptors (Lipinski definition) is 5. The largest absolute Gasteiger partial charge is 0.489 e. The number of aromatic carboxylic acids is 1. The molecule has 1 atom stereocenters. The van der Waals surface area contributed by atoms with Crippen LogP contribution in [-0.2, 0) is 6.54 Å². The highest BCUT2D eigenvalue weighted by molar-refractivity contribution is 5.87. The van der Waals surface area contributed by atoms with E-state index in [-0.39, 0.29) is 11.6 Å². The minimum absolute atomic E-state index is 0.0590. The average molecular weight is 440 g/mol. The molecule has 6 heteroatoms. The number of rotatable bonds is 6. The Bertz CT molecular complexity index is 1300. The second-order valence-electron chi connectivity index (χ2n) is 8.25. The number of carbonyl (C=O) groups is 1. The van der Waals surface area contributed by atoms with Crippen molar-refractivity contribution >= 4 is 28.2 Å². The Labute approximate surface area is 192 Å². The van der Waals surface area contributed by atoms with Gasteiger partial charge < -0.3 is 20.1 Å². The van der Waals surface area contributed by atoms with E-state index in [0.29, 0.717) is 6.61 Å². The SMILES string of the molecule is C[C@H](Nc1nccc2c1N(Cc1ccc3ccccc3c1)CCO2)c1ccc(C(=O)O)cc1. The monoisotopic (exact) mass is 439 g/mol. The van der Waals surface area contributed by atoms with Crippen molar-refractivity contribution in [3.8, 4) is 5.75 Å². The summed E-state index contributed by atoms with van der Waals surface area (Å²) in [6.07, 6.45) is 1.75. The summed E-state index contributed by atoms with van der Waals surface area (Å²) >= 11 is 0. The van der Waals surface area contributed by atoms with Gasteiger partial charge in [0.1, 0.15) is 18.0 Å². The number of anilines is 2. The Morgan fingerprint density at radius 3 is 2.67 bits per heavy atom. The van der Waals surface area contributed by atoms with Gasteiger partial charge in [-0.3, -0.25) is 0 Å². The standard InChI is InChI=1S/C27H25N3O3/c1-18(20-8-10-22(11-9-20)27(31)32)29-26-25-24(12-13-28-26)33-15-14-30(25)17-19-6-7-21-4-2-3-5-23(21)16-19/h2-13,16,18H,14-15,17H2,1H3,(H,28,29)(H,31,32)/t18-/m0/s1. The van der Waals surface area contributed by atoms with Crippen LogP contribution < -0.4 is 15.0 Å². The van der Waals surface area contributed by atoms with Crippen molar-refractivity contribution in [1.29, 1.82) is 0 Å². The Morgan fingerprint density at radius 2 is 1.88 bits per heavy atom. The average Bonchev–Trinajstić information content (AvgIpc) is 2.84. The first kappa shape index (κ1) is 20.8. The fraction of sp³-hybridized carbons (Fsp3) is 0.185. The number of ether oxygens (including phenoxy) is 1. The fourth-order valence-corrected chi connectivity index (χ4v) is 4.26. The molecule has 0 amide bonds. The summed E-state index contributed by atoms with van der Waals surface area (Å²) in [6.45, 7) is 4.18. The topological polar surface area (TPSA) is 74.7 Å². The number of hydrogen-bond donors (Lipinski definition) is 2. The zero-order valence-electron chi connectivity index (χ0n) is 18.4. The fourth-order valence-electron chi connectivity index (χ4n) is 4.26. The molecule has 6 nitrogen and oxygen atoms in total. The molecule has 3 aromatic carbocycles. The van der Waals surface area contributed by atoms with Gasteiger partial charge in [0.2, 0.25) is 0 Å².